The lowest BCUT2D eigenvalue weighted by Crippen LogP contribution is -2.40. The van der Waals surface area contributed by atoms with E-state index in [1.165, 1.54) is 4.90 Å². The maximum absolute atomic E-state index is 13.9. The van der Waals surface area contributed by atoms with Gasteiger partial charge in [0, 0.05) is 25.3 Å². The number of aliphatic hydroxyl groups is 1. The van der Waals surface area contributed by atoms with Gasteiger partial charge in [0.1, 0.15) is 17.2 Å². The van der Waals surface area contributed by atoms with Gasteiger partial charge < -0.3 is 19.5 Å². The van der Waals surface area contributed by atoms with Crippen LogP contribution >= 0.6 is 0 Å². The van der Waals surface area contributed by atoms with Crippen LogP contribution in [-0.4, -0.2) is 55.2 Å². The second-order valence-corrected chi connectivity index (χ2v) is 8.32. The molecular formula is C26H30N2O5. The fourth-order valence-corrected chi connectivity index (χ4v) is 4.52. The minimum atomic E-state index is -0.404. The van der Waals surface area contributed by atoms with Crippen molar-refractivity contribution in [3.8, 4) is 11.5 Å². The Bertz CT molecular complexity index is 1060. The van der Waals surface area contributed by atoms with Crippen LogP contribution in [0.25, 0.3) is 5.57 Å². The Kier molecular flexibility index (Phi) is 6.99. The van der Waals surface area contributed by atoms with Crippen LogP contribution in [0.4, 0.5) is 5.69 Å². The van der Waals surface area contributed by atoms with E-state index in [1.807, 2.05) is 30.0 Å². The number of aliphatic hydroxyl groups excluding tert-OH is 1. The highest BCUT2D eigenvalue weighted by atomic mass is 16.5. The predicted octanol–water partition coefficient (Wildman–Crippen LogP) is 3.47. The number of imide groups is 1. The van der Waals surface area contributed by atoms with E-state index in [0.717, 1.165) is 19.3 Å². The number of amides is 2. The van der Waals surface area contributed by atoms with E-state index in [-0.39, 0.29) is 18.4 Å². The Morgan fingerprint density at radius 1 is 1.03 bits per heavy atom. The Labute approximate surface area is 194 Å². The van der Waals surface area contributed by atoms with Crippen LogP contribution in [0.15, 0.2) is 54.2 Å². The summed E-state index contributed by atoms with van der Waals surface area (Å²) < 4.78 is 11.4. The second-order valence-electron chi connectivity index (χ2n) is 8.32. The van der Waals surface area contributed by atoms with Gasteiger partial charge in [-0.15, -0.1) is 0 Å². The number of para-hydroxylation sites is 3. The Morgan fingerprint density at radius 3 is 2.48 bits per heavy atom. The normalized spacial score (nSPS) is 18.8. The van der Waals surface area contributed by atoms with Crippen molar-refractivity contribution in [2.45, 2.75) is 26.2 Å². The summed E-state index contributed by atoms with van der Waals surface area (Å²) in [5.41, 5.74) is 1.68. The van der Waals surface area contributed by atoms with Crippen molar-refractivity contribution >= 4 is 23.1 Å². The van der Waals surface area contributed by atoms with Gasteiger partial charge in [0.15, 0.2) is 0 Å². The largest absolute Gasteiger partial charge is 0.496 e. The molecule has 7 nitrogen and oxygen atoms in total. The van der Waals surface area contributed by atoms with Crippen molar-refractivity contribution in [1.82, 2.24) is 4.90 Å². The van der Waals surface area contributed by atoms with Crippen LogP contribution in [-0.2, 0) is 9.59 Å². The summed E-state index contributed by atoms with van der Waals surface area (Å²) in [5.74, 6) is 0.292. The van der Waals surface area contributed by atoms with Gasteiger partial charge in [-0.3, -0.25) is 9.59 Å². The van der Waals surface area contributed by atoms with Gasteiger partial charge in [0.05, 0.1) is 25.0 Å². The Hall–Kier alpha value is -3.32. The van der Waals surface area contributed by atoms with E-state index in [9.17, 15) is 14.7 Å². The third-order valence-electron chi connectivity index (χ3n) is 6.10. The van der Waals surface area contributed by atoms with Crippen LogP contribution in [0.2, 0.25) is 0 Å². The van der Waals surface area contributed by atoms with Gasteiger partial charge in [-0.05, 0) is 43.4 Å². The molecule has 2 aliphatic rings. The monoisotopic (exact) mass is 450 g/mol. The van der Waals surface area contributed by atoms with E-state index < -0.39 is 5.91 Å². The van der Waals surface area contributed by atoms with Crippen molar-refractivity contribution in [1.29, 1.82) is 0 Å². The number of rotatable bonds is 8. The number of benzene rings is 2. The van der Waals surface area contributed by atoms with Crippen LogP contribution in [0.1, 0.15) is 31.7 Å². The molecule has 2 aromatic rings. The molecule has 2 heterocycles. The molecule has 0 aromatic heterocycles. The second kappa shape index (κ2) is 10.1. The van der Waals surface area contributed by atoms with E-state index in [0.29, 0.717) is 53.7 Å². The molecule has 2 amide bonds. The molecule has 0 bridgehead atoms. The van der Waals surface area contributed by atoms with Crippen molar-refractivity contribution in [3.63, 3.8) is 0 Å². The summed E-state index contributed by atoms with van der Waals surface area (Å²) in [4.78, 5) is 30.9. The topological polar surface area (TPSA) is 79.3 Å². The first-order chi connectivity index (χ1) is 16.1. The number of likely N-dealkylation sites (tertiary alicyclic amines) is 1. The molecule has 4 rings (SSSR count). The molecule has 1 saturated heterocycles. The molecule has 1 unspecified atom stereocenters. The number of anilines is 1. The van der Waals surface area contributed by atoms with Crippen molar-refractivity contribution in [2.75, 3.05) is 38.3 Å². The quantitative estimate of drug-likeness (QED) is 0.621. The average Bonchev–Trinajstić information content (AvgIpc) is 3.12. The lowest BCUT2D eigenvalue weighted by Gasteiger charge is -2.34. The van der Waals surface area contributed by atoms with Crippen molar-refractivity contribution in [3.05, 3.63) is 59.8 Å². The van der Waals surface area contributed by atoms with Crippen molar-refractivity contribution < 1.29 is 24.2 Å². The highest BCUT2D eigenvalue weighted by Gasteiger charge is 2.45. The van der Waals surface area contributed by atoms with Crippen molar-refractivity contribution in [2.24, 2.45) is 5.92 Å². The third-order valence-corrected chi connectivity index (χ3v) is 6.10. The first-order valence-electron chi connectivity index (χ1n) is 11.4. The van der Waals surface area contributed by atoms with E-state index in [1.54, 1.807) is 37.4 Å². The number of carbonyl (C=O) groups is 2. The summed E-state index contributed by atoms with van der Waals surface area (Å²) in [6, 6.07) is 14.4. The number of ether oxygens (including phenoxy) is 2. The molecule has 1 fully saturated rings. The van der Waals surface area contributed by atoms with E-state index in [2.05, 4.69) is 0 Å². The molecule has 7 heteroatoms. The Morgan fingerprint density at radius 2 is 1.76 bits per heavy atom. The fraction of sp³-hybridized carbons (Fsp3) is 0.385. The molecule has 2 aliphatic heterocycles. The van der Waals surface area contributed by atoms with E-state index in [4.69, 9.17) is 9.47 Å². The first-order valence-corrected chi connectivity index (χ1v) is 11.4. The zero-order valence-electron chi connectivity index (χ0n) is 19.1. The predicted molar refractivity (Wildman–Crippen MR) is 126 cm³/mol. The number of hydrogen-bond donors (Lipinski definition) is 1. The molecule has 33 heavy (non-hydrogen) atoms. The minimum absolute atomic E-state index is 0.0489. The summed E-state index contributed by atoms with van der Waals surface area (Å²) in [6.45, 7) is 3.70. The first kappa shape index (κ1) is 22.9. The zero-order valence-corrected chi connectivity index (χ0v) is 19.1. The van der Waals surface area contributed by atoms with Crippen LogP contribution < -0.4 is 14.4 Å². The minimum Gasteiger partial charge on any atom is -0.496 e. The molecule has 0 spiro atoms. The molecule has 0 saturated carbocycles. The maximum Gasteiger partial charge on any atom is 0.282 e. The average molecular weight is 451 g/mol. The molecule has 1 N–H and O–H groups in total. The van der Waals surface area contributed by atoms with Crippen LogP contribution in [0.3, 0.4) is 0 Å². The molecule has 2 aromatic carbocycles. The standard InChI is InChI=1S/C26H30N2O5/c1-3-15-33-22-13-7-5-11-20(22)28-25(30)23(19-10-4-6-12-21(19)32-2)24(26(28)31)27-14-8-9-18(16-27)17-29/h4-7,10-13,18,29H,3,8-9,14-17H2,1-2H3. The Balaban J connectivity index is 1.84. The number of carbonyl (C=O) groups excluding carboxylic acids is 2. The highest BCUT2D eigenvalue weighted by molar-refractivity contribution is 6.46. The zero-order chi connectivity index (χ0) is 23.4. The summed E-state index contributed by atoms with van der Waals surface area (Å²) in [7, 11) is 1.55. The SMILES string of the molecule is CCCOc1ccccc1N1C(=O)C(c2ccccc2OC)=C(N2CCCC(CO)C2)C1=O. The van der Waals surface area contributed by atoms with Crippen LogP contribution in [0.5, 0.6) is 11.5 Å². The van der Waals surface area contributed by atoms with Crippen LogP contribution in [0, 0.1) is 5.92 Å². The molecule has 174 valence electrons. The summed E-state index contributed by atoms with van der Waals surface area (Å²) >= 11 is 0. The third kappa shape index (κ3) is 4.33. The van der Waals surface area contributed by atoms with Gasteiger partial charge >= 0.3 is 0 Å². The summed E-state index contributed by atoms with van der Waals surface area (Å²) in [5, 5.41) is 9.74. The lowest BCUT2D eigenvalue weighted by atomic mass is 9.96. The number of methoxy groups -OCH3 is 1. The molecule has 1 atom stereocenters. The molecule has 0 aliphatic carbocycles. The number of nitrogens with zero attached hydrogens (tertiary/aromatic N) is 2. The van der Waals surface area contributed by atoms with Gasteiger partial charge in [-0.25, -0.2) is 4.90 Å². The maximum atomic E-state index is 13.9. The smallest absolute Gasteiger partial charge is 0.282 e. The lowest BCUT2D eigenvalue weighted by molar-refractivity contribution is -0.120. The van der Waals surface area contributed by atoms with Gasteiger partial charge in [-0.1, -0.05) is 37.3 Å². The highest BCUT2D eigenvalue weighted by Crippen LogP contribution is 2.41. The summed E-state index contributed by atoms with van der Waals surface area (Å²) in [6.07, 6.45) is 2.54. The molecule has 0 radical (unpaired) electrons. The number of piperidine rings is 1. The fourth-order valence-electron chi connectivity index (χ4n) is 4.52. The van der Waals surface area contributed by atoms with E-state index >= 15 is 0 Å². The van der Waals surface area contributed by atoms with Gasteiger partial charge in [0.25, 0.3) is 11.8 Å². The van der Waals surface area contributed by atoms with Gasteiger partial charge in [0.2, 0.25) is 0 Å². The number of hydrogen-bond acceptors (Lipinski definition) is 6. The van der Waals surface area contributed by atoms with Gasteiger partial charge in [-0.2, -0.15) is 0 Å². The molecular weight excluding hydrogens is 420 g/mol.